The highest BCUT2D eigenvalue weighted by atomic mass is 16.5. The molecule has 1 atom stereocenters. The minimum absolute atomic E-state index is 0.115. The molecule has 2 aromatic heterocycles. The number of rotatable bonds is 5. The minimum Gasteiger partial charge on any atom is -0.361 e. The Balaban J connectivity index is 1.40. The molecular weight excluding hydrogens is 370 g/mol. The summed E-state index contributed by atoms with van der Waals surface area (Å²) < 4.78 is 7.10. The van der Waals surface area contributed by atoms with Gasteiger partial charge in [-0.2, -0.15) is 0 Å². The number of aromatic nitrogens is 3. The molecule has 8 heteroatoms. The number of anilines is 1. The number of benzene rings is 1. The molecule has 1 aliphatic heterocycles. The Bertz CT molecular complexity index is 1020. The number of nitrogens with one attached hydrogen (secondary N) is 1. The Morgan fingerprint density at radius 2 is 2.03 bits per heavy atom. The maximum atomic E-state index is 12.8. The largest absolute Gasteiger partial charge is 0.361 e. The summed E-state index contributed by atoms with van der Waals surface area (Å²) >= 11 is 0. The topological polar surface area (TPSA) is 93.3 Å². The van der Waals surface area contributed by atoms with Gasteiger partial charge in [0.15, 0.2) is 0 Å². The highest BCUT2D eigenvalue weighted by Gasteiger charge is 2.34. The van der Waals surface area contributed by atoms with Crippen LogP contribution in [0.3, 0.4) is 0 Å². The molecule has 3 aromatic rings. The fourth-order valence-corrected chi connectivity index (χ4v) is 3.67. The van der Waals surface area contributed by atoms with Gasteiger partial charge < -0.3 is 19.3 Å². The summed E-state index contributed by atoms with van der Waals surface area (Å²) in [5.74, 6) is 1.12. The summed E-state index contributed by atoms with van der Waals surface area (Å²) in [4.78, 5) is 31.3. The lowest BCUT2D eigenvalue weighted by Gasteiger charge is -2.23. The van der Waals surface area contributed by atoms with Gasteiger partial charge in [-0.15, -0.1) is 0 Å². The lowest BCUT2D eigenvalue weighted by molar-refractivity contribution is -0.136. The quantitative estimate of drug-likeness (QED) is 0.719. The van der Waals surface area contributed by atoms with Crippen molar-refractivity contribution in [2.75, 3.05) is 11.9 Å². The van der Waals surface area contributed by atoms with E-state index in [9.17, 15) is 9.59 Å². The zero-order chi connectivity index (χ0) is 20.4. The lowest BCUT2D eigenvalue weighted by atomic mass is 10.2. The van der Waals surface area contributed by atoms with Crippen LogP contribution >= 0.6 is 0 Å². The van der Waals surface area contributed by atoms with Crippen molar-refractivity contribution in [3.05, 3.63) is 60.0 Å². The van der Waals surface area contributed by atoms with Crippen LogP contribution in [-0.4, -0.2) is 44.0 Å². The van der Waals surface area contributed by atoms with E-state index in [0.717, 1.165) is 23.6 Å². The molecule has 2 amide bonds. The second-order valence-corrected chi connectivity index (χ2v) is 7.24. The van der Waals surface area contributed by atoms with Crippen molar-refractivity contribution < 1.29 is 14.1 Å². The van der Waals surface area contributed by atoms with Gasteiger partial charge in [0.2, 0.25) is 11.8 Å². The number of hydrogen-bond acceptors (Lipinski definition) is 5. The van der Waals surface area contributed by atoms with E-state index in [2.05, 4.69) is 15.5 Å². The molecule has 3 heterocycles. The van der Waals surface area contributed by atoms with Crippen LogP contribution in [0.5, 0.6) is 0 Å². The fraction of sp³-hybridized carbons (Fsp3) is 0.333. The van der Waals surface area contributed by atoms with Crippen molar-refractivity contribution in [2.24, 2.45) is 0 Å². The third kappa shape index (κ3) is 4.06. The van der Waals surface area contributed by atoms with Crippen molar-refractivity contribution in [1.82, 2.24) is 19.6 Å². The average molecular weight is 393 g/mol. The van der Waals surface area contributed by atoms with E-state index in [1.54, 1.807) is 17.2 Å². The molecule has 1 fully saturated rings. The van der Waals surface area contributed by atoms with E-state index >= 15 is 0 Å². The number of carbonyl (C=O) groups excluding carboxylic acids is 2. The summed E-state index contributed by atoms with van der Waals surface area (Å²) in [5.41, 5.74) is 2.40. The molecule has 1 saturated heterocycles. The van der Waals surface area contributed by atoms with Crippen molar-refractivity contribution in [2.45, 2.75) is 39.2 Å². The first-order valence-electron chi connectivity index (χ1n) is 9.64. The molecule has 0 saturated carbocycles. The molecule has 1 N–H and O–H groups in total. The van der Waals surface area contributed by atoms with Crippen LogP contribution in [-0.2, 0) is 16.0 Å². The van der Waals surface area contributed by atoms with Crippen molar-refractivity contribution in [3.8, 4) is 5.69 Å². The first-order chi connectivity index (χ1) is 14.0. The van der Waals surface area contributed by atoms with Gasteiger partial charge >= 0.3 is 0 Å². The van der Waals surface area contributed by atoms with E-state index in [4.69, 9.17) is 4.52 Å². The molecule has 0 unspecified atom stereocenters. The van der Waals surface area contributed by atoms with Crippen LogP contribution in [0.2, 0.25) is 0 Å². The van der Waals surface area contributed by atoms with Gasteiger partial charge in [-0.05, 0) is 51.0 Å². The number of amides is 2. The van der Waals surface area contributed by atoms with Gasteiger partial charge in [0.25, 0.3) is 0 Å². The maximum absolute atomic E-state index is 12.8. The van der Waals surface area contributed by atoms with Gasteiger partial charge in [-0.3, -0.25) is 9.59 Å². The summed E-state index contributed by atoms with van der Waals surface area (Å²) in [6.07, 6.45) is 5.21. The van der Waals surface area contributed by atoms with Crippen LogP contribution in [0.1, 0.15) is 30.1 Å². The van der Waals surface area contributed by atoms with Crippen molar-refractivity contribution in [1.29, 1.82) is 0 Å². The Labute approximate surface area is 168 Å². The first-order valence-corrected chi connectivity index (χ1v) is 9.64. The normalized spacial score (nSPS) is 16.2. The highest BCUT2D eigenvalue weighted by Crippen LogP contribution is 2.21. The predicted molar refractivity (Wildman–Crippen MR) is 107 cm³/mol. The Kier molecular flexibility index (Phi) is 5.16. The van der Waals surface area contributed by atoms with Crippen LogP contribution in [0.15, 0.2) is 47.2 Å². The number of carbonyl (C=O) groups is 2. The zero-order valence-electron chi connectivity index (χ0n) is 16.5. The third-order valence-corrected chi connectivity index (χ3v) is 5.12. The van der Waals surface area contributed by atoms with Crippen molar-refractivity contribution in [3.63, 3.8) is 0 Å². The molecule has 4 rings (SSSR count). The average Bonchev–Trinajstić information content (AvgIpc) is 3.43. The maximum Gasteiger partial charge on any atom is 0.247 e. The summed E-state index contributed by atoms with van der Waals surface area (Å²) in [5, 5.41) is 6.74. The van der Waals surface area contributed by atoms with E-state index in [-0.39, 0.29) is 18.2 Å². The summed E-state index contributed by atoms with van der Waals surface area (Å²) in [6.45, 7) is 4.31. The molecular formula is C21H23N5O3. The van der Waals surface area contributed by atoms with Crippen LogP contribution < -0.4 is 5.32 Å². The fourth-order valence-electron chi connectivity index (χ4n) is 3.67. The third-order valence-electron chi connectivity index (χ3n) is 5.12. The van der Waals surface area contributed by atoms with Gasteiger partial charge in [-0.1, -0.05) is 5.16 Å². The molecule has 0 spiro atoms. The van der Waals surface area contributed by atoms with E-state index in [1.807, 2.05) is 48.9 Å². The minimum atomic E-state index is -0.470. The van der Waals surface area contributed by atoms with Crippen LogP contribution in [0.4, 0.5) is 5.69 Å². The standard InChI is InChI=1S/C21H23N5O3/c1-14-12-18(29-24-14)13-20(27)26-10-3-4-19(26)21(28)23-16-5-7-17(8-6-16)25-11-9-22-15(25)2/h5-9,11-12,19H,3-4,10,13H2,1-2H3,(H,23,28)/t19-/m0/s1. The molecule has 0 aliphatic carbocycles. The lowest BCUT2D eigenvalue weighted by Crippen LogP contribution is -2.43. The highest BCUT2D eigenvalue weighted by molar-refractivity contribution is 5.97. The monoisotopic (exact) mass is 393 g/mol. The molecule has 0 radical (unpaired) electrons. The number of aryl methyl sites for hydroxylation is 2. The Morgan fingerprint density at radius 1 is 1.24 bits per heavy atom. The van der Waals surface area contributed by atoms with Crippen molar-refractivity contribution >= 4 is 17.5 Å². The Morgan fingerprint density at radius 3 is 2.69 bits per heavy atom. The molecule has 8 nitrogen and oxygen atoms in total. The SMILES string of the molecule is Cc1cc(CC(=O)N2CCC[C@H]2C(=O)Nc2ccc(-n3ccnc3C)cc2)on1. The number of imidazole rings is 1. The molecule has 1 aliphatic rings. The second-order valence-electron chi connectivity index (χ2n) is 7.24. The number of hydrogen-bond donors (Lipinski definition) is 1. The van der Waals surface area contributed by atoms with Gasteiger partial charge in [0.05, 0.1) is 12.1 Å². The first kappa shape index (κ1) is 18.9. The summed E-state index contributed by atoms with van der Waals surface area (Å²) in [7, 11) is 0. The van der Waals surface area contributed by atoms with Gasteiger partial charge in [0.1, 0.15) is 17.6 Å². The van der Waals surface area contributed by atoms with Gasteiger partial charge in [-0.25, -0.2) is 4.98 Å². The smallest absolute Gasteiger partial charge is 0.247 e. The Hall–Kier alpha value is -3.42. The molecule has 150 valence electrons. The predicted octanol–water partition coefficient (Wildman–Crippen LogP) is 2.65. The van der Waals surface area contributed by atoms with Gasteiger partial charge in [0, 0.05) is 36.4 Å². The van der Waals surface area contributed by atoms with E-state index < -0.39 is 6.04 Å². The number of nitrogens with zero attached hydrogens (tertiary/aromatic N) is 4. The van der Waals surface area contributed by atoms with Crippen LogP contribution in [0, 0.1) is 13.8 Å². The molecule has 1 aromatic carbocycles. The van der Waals surface area contributed by atoms with Crippen LogP contribution in [0.25, 0.3) is 5.69 Å². The zero-order valence-corrected chi connectivity index (χ0v) is 16.5. The summed E-state index contributed by atoms with van der Waals surface area (Å²) in [6, 6.07) is 8.83. The second kappa shape index (κ2) is 7.90. The molecule has 0 bridgehead atoms. The molecule has 29 heavy (non-hydrogen) atoms. The number of likely N-dealkylation sites (tertiary alicyclic amines) is 1. The van der Waals surface area contributed by atoms with E-state index in [0.29, 0.717) is 24.4 Å². The van der Waals surface area contributed by atoms with E-state index in [1.165, 1.54) is 0 Å².